The molecule has 4 N–H and O–H groups in total. The Morgan fingerprint density at radius 2 is 1.23 bits per heavy atom. The summed E-state index contributed by atoms with van der Waals surface area (Å²) < 4.78 is 32.6. The van der Waals surface area contributed by atoms with Gasteiger partial charge in [-0.2, -0.15) is 0 Å². The number of hydrogen-bond acceptors (Lipinski definition) is 9. The number of carbonyl (C=O) groups excluding carboxylic acids is 2. The molecule has 0 saturated carbocycles. The molecule has 0 heterocycles. The molecule has 0 bridgehead atoms. The Morgan fingerprint density at radius 1 is 0.643 bits per heavy atom. The number of nitrogens with two attached hydrogens (primary N) is 1. The van der Waals surface area contributed by atoms with Gasteiger partial charge in [0.1, 0.15) is 6.61 Å². The minimum absolute atomic E-state index is 0.0306. The van der Waals surface area contributed by atoms with E-state index in [9.17, 15) is 24.2 Å². The maximum Gasteiger partial charge on any atom is 0.472 e. The number of esters is 2. The number of unbranched alkanes of at least 4 members (excludes halogenated alkanes) is 11. The molecule has 0 saturated heterocycles. The number of ether oxygens (including phenoxy) is 2. The van der Waals surface area contributed by atoms with Gasteiger partial charge in [0.05, 0.1) is 19.3 Å². The molecule has 0 fully saturated rings. The van der Waals surface area contributed by atoms with Gasteiger partial charge in [-0.1, -0.05) is 150 Å². The summed E-state index contributed by atoms with van der Waals surface area (Å²) in [7, 11) is -4.41. The van der Waals surface area contributed by atoms with Crippen molar-refractivity contribution in [3.8, 4) is 0 Å². The lowest BCUT2D eigenvalue weighted by Crippen LogP contribution is -2.29. The highest BCUT2D eigenvalue weighted by Gasteiger charge is 2.25. The van der Waals surface area contributed by atoms with Crippen LogP contribution in [0, 0.1) is 0 Å². The number of allylic oxidation sites excluding steroid dienone is 12. The third-order valence-corrected chi connectivity index (χ3v) is 9.34. The minimum atomic E-state index is -4.41. The average Bonchev–Trinajstić information content (AvgIpc) is 3.18. The third-order valence-electron chi connectivity index (χ3n) is 8.36. The number of aliphatic hydroxyl groups is 1. The number of hydrogen-bond donors (Lipinski definition) is 3. The zero-order valence-electron chi connectivity index (χ0n) is 34.7. The van der Waals surface area contributed by atoms with Crippen LogP contribution in [0.25, 0.3) is 0 Å². The molecule has 0 radical (unpaired) electrons. The molecule has 0 aromatic rings. The molecular formula is C45H76NO9P. The van der Waals surface area contributed by atoms with Gasteiger partial charge in [-0.3, -0.25) is 18.6 Å². The van der Waals surface area contributed by atoms with Crippen LogP contribution in [0.4, 0.5) is 0 Å². The van der Waals surface area contributed by atoms with Crippen molar-refractivity contribution in [1.29, 1.82) is 0 Å². The first-order valence-electron chi connectivity index (χ1n) is 21.2. The lowest BCUT2D eigenvalue weighted by Gasteiger charge is -2.19. The predicted octanol–water partition coefficient (Wildman–Crippen LogP) is 11.0. The normalized spacial score (nSPS) is 14.7. The molecule has 320 valence electrons. The molecular weight excluding hydrogens is 729 g/mol. The smallest absolute Gasteiger partial charge is 0.462 e. The van der Waals surface area contributed by atoms with Crippen LogP contribution in [-0.2, 0) is 32.7 Å². The maximum absolute atomic E-state index is 12.5. The van der Waals surface area contributed by atoms with Gasteiger partial charge in [-0.25, -0.2) is 4.57 Å². The second-order valence-electron chi connectivity index (χ2n) is 13.7. The fourth-order valence-corrected chi connectivity index (χ4v) is 5.97. The fraction of sp³-hybridized carbons (Fsp3) is 0.644. The third kappa shape index (κ3) is 39.4. The highest BCUT2D eigenvalue weighted by molar-refractivity contribution is 7.47. The molecule has 0 spiro atoms. The van der Waals surface area contributed by atoms with Gasteiger partial charge in [0, 0.05) is 19.4 Å². The summed E-state index contributed by atoms with van der Waals surface area (Å²) in [6.45, 7) is 3.38. The lowest BCUT2D eigenvalue weighted by atomic mass is 10.1. The Bertz CT molecular complexity index is 1210. The monoisotopic (exact) mass is 806 g/mol. The summed E-state index contributed by atoms with van der Waals surface area (Å²) >= 11 is 0. The zero-order valence-corrected chi connectivity index (χ0v) is 35.6. The van der Waals surface area contributed by atoms with Gasteiger partial charge in [0.15, 0.2) is 6.10 Å². The van der Waals surface area contributed by atoms with Crippen molar-refractivity contribution in [2.24, 2.45) is 5.73 Å². The first-order chi connectivity index (χ1) is 27.2. The molecule has 3 atom stereocenters. The summed E-state index contributed by atoms with van der Waals surface area (Å²) in [5.74, 6) is -0.961. The van der Waals surface area contributed by atoms with Gasteiger partial charge >= 0.3 is 19.8 Å². The van der Waals surface area contributed by atoms with Gasteiger partial charge in [0.2, 0.25) is 0 Å². The van der Waals surface area contributed by atoms with E-state index in [2.05, 4.69) is 44.2 Å². The highest BCUT2D eigenvalue weighted by Crippen LogP contribution is 2.43. The Balaban J connectivity index is 4.36. The van der Waals surface area contributed by atoms with Crippen molar-refractivity contribution in [2.45, 2.75) is 161 Å². The molecule has 0 aliphatic heterocycles. The summed E-state index contributed by atoms with van der Waals surface area (Å²) in [6.07, 6.45) is 46.7. The number of aliphatic hydroxyl groups excluding tert-OH is 1. The SMILES string of the molecule is CC/C=C\CC(O)/C=C/C=C/C/C=C\C/C=C\C/C=C\CCC(=O)O[C@H](COC(=O)CCCCCCCCC/C=C\CCCCCC)COP(=O)(O)OCCN. The largest absolute Gasteiger partial charge is 0.472 e. The average molecular weight is 806 g/mol. The van der Waals surface area contributed by atoms with Crippen LogP contribution in [-0.4, -0.2) is 60.5 Å². The Hall–Kier alpha value is -2.85. The van der Waals surface area contributed by atoms with Gasteiger partial charge in [-0.05, 0) is 70.6 Å². The zero-order chi connectivity index (χ0) is 41.2. The van der Waals surface area contributed by atoms with Crippen LogP contribution in [0.2, 0.25) is 0 Å². The molecule has 10 nitrogen and oxygen atoms in total. The van der Waals surface area contributed by atoms with Crippen LogP contribution in [0.3, 0.4) is 0 Å². The van der Waals surface area contributed by atoms with Gasteiger partial charge in [0.25, 0.3) is 0 Å². The number of carbonyl (C=O) groups is 2. The standard InChI is InChI=1S/C45H76NO9P/c1-3-5-7-8-9-10-11-12-13-16-19-22-25-28-32-36-44(48)52-40-43(41-54-56(50,51)53-39-38-46)55-45(49)37-33-29-26-23-20-17-14-15-18-21-24-27-31-35-42(47)34-30-6-4-2/h6,10-11,15,17-18,20,24,26-27,29-31,35,42-43,47H,3-5,7-9,12-14,16,19,21-23,25,28,32-34,36-41,46H2,1-2H3,(H,50,51)/b11-10-,18-15-,20-17-,27-24+,29-26-,30-6-,35-31+/t42?,43-/m1/s1. The summed E-state index contributed by atoms with van der Waals surface area (Å²) in [5.41, 5.74) is 5.33. The number of phosphoric acid groups is 1. The lowest BCUT2D eigenvalue weighted by molar-refractivity contribution is -0.161. The van der Waals surface area contributed by atoms with Crippen LogP contribution in [0.15, 0.2) is 85.1 Å². The molecule has 0 aromatic heterocycles. The number of phosphoric ester groups is 1. The highest BCUT2D eigenvalue weighted by atomic mass is 31.2. The van der Waals surface area contributed by atoms with E-state index in [0.29, 0.717) is 19.3 Å². The second kappa shape index (κ2) is 40.4. The molecule has 0 aromatic carbocycles. The van der Waals surface area contributed by atoms with Crippen molar-refractivity contribution in [3.05, 3.63) is 85.1 Å². The number of rotatable bonds is 38. The first-order valence-corrected chi connectivity index (χ1v) is 22.7. The Labute approximate surface area is 339 Å². The van der Waals surface area contributed by atoms with Crippen LogP contribution >= 0.6 is 7.82 Å². The molecule has 11 heteroatoms. The predicted molar refractivity (Wildman–Crippen MR) is 230 cm³/mol. The molecule has 0 aliphatic carbocycles. The Morgan fingerprint density at radius 3 is 1.88 bits per heavy atom. The van der Waals surface area contributed by atoms with E-state index < -0.39 is 38.6 Å². The van der Waals surface area contributed by atoms with Crippen LogP contribution < -0.4 is 5.73 Å². The summed E-state index contributed by atoms with van der Waals surface area (Å²) in [4.78, 5) is 34.8. The van der Waals surface area contributed by atoms with Crippen molar-refractivity contribution in [2.75, 3.05) is 26.4 Å². The second-order valence-corrected chi connectivity index (χ2v) is 15.1. The maximum atomic E-state index is 12.5. The van der Waals surface area contributed by atoms with E-state index in [0.717, 1.165) is 51.4 Å². The Kier molecular flexibility index (Phi) is 38.3. The molecule has 0 amide bonds. The van der Waals surface area contributed by atoms with E-state index in [1.165, 1.54) is 51.4 Å². The summed E-state index contributed by atoms with van der Waals surface area (Å²) in [5, 5.41) is 9.83. The van der Waals surface area contributed by atoms with Crippen molar-refractivity contribution >= 4 is 19.8 Å². The molecule has 0 rings (SSSR count). The summed E-state index contributed by atoms with van der Waals surface area (Å²) in [6, 6.07) is 0. The van der Waals surface area contributed by atoms with Gasteiger partial charge in [-0.15, -0.1) is 0 Å². The molecule has 56 heavy (non-hydrogen) atoms. The molecule has 2 unspecified atom stereocenters. The van der Waals surface area contributed by atoms with E-state index in [4.69, 9.17) is 24.3 Å². The van der Waals surface area contributed by atoms with Gasteiger partial charge < -0.3 is 25.2 Å². The van der Waals surface area contributed by atoms with E-state index >= 15 is 0 Å². The van der Waals surface area contributed by atoms with Crippen LogP contribution in [0.1, 0.15) is 149 Å². The van der Waals surface area contributed by atoms with E-state index in [-0.39, 0.29) is 32.6 Å². The fourth-order valence-electron chi connectivity index (χ4n) is 5.21. The first kappa shape index (κ1) is 53.1. The molecule has 0 aliphatic rings. The topological polar surface area (TPSA) is 155 Å². The van der Waals surface area contributed by atoms with E-state index in [1.54, 1.807) is 6.08 Å². The van der Waals surface area contributed by atoms with Crippen molar-refractivity contribution in [1.82, 2.24) is 0 Å². The van der Waals surface area contributed by atoms with E-state index in [1.807, 2.05) is 48.6 Å². The quantitative estimate of drug-likeness (QED) is 0.0180. The van der Waals surface area contributed by atoms with Crippen LogP contribution in [0.5, 0.6) is 0 Å². The van der Waals surface area contributed by atoms with Crippen molar-refractivity contribution in [3.63, 3.8) is 0 Å². The minimum Gasteiger partial charge on any atom is -0.462 e. The van der Waals surface area contributed by atoms with Crippen molar-refractivity contribution < 1.29 is 42.7 Å².